The summed E-state index contributed by atoms with van der Waals surface area (Å²) in [7, 11) is -4.32. The molecule has 1 aliphatic heterocycles. The Morgan fingerprint density at radius 2 is 1.48 bits per heavy atom. The van der Waals surface area contributed by atoms with E-state index >= 15 is 0 Å². The highest BCUT2D eigenvalue weighted by atomic mass is 32.2. The van der Waals surface area contributed by atoms with Gasteiger partial charge in [-0.15, -0.1) is 0 Å². The van der Waals surface area contributed by atoms with Gasteiger partial charge in [0.05, 0.1) is 22.9 Å². The minimum atomic E-state index is -4.32. The summed E-state index contributed by atoms with van der Waals surface area (Å²) < 4.78 is 42.8. The van der Waals surface area contributed by atoms with Crippen LogP contribution in [0.2, 0.25) is 0 Å². The maximum atomic E-state index is 14.9. The van der Waals surface area contributed by atoms with Crippen LogP contribution in [0.5, 0.6) is 11.5 Å². The molecule has 0 spiro atoms. The highest BCUT2D eigenvalue weighted by Crippen LogP contribution is 2.37. The number of para-hydroxylation sites is 1. The van der Waals surface area contributed by atoms with Gasteiger partial charge in [-0.1, -0.05) is 98.3 Å². The molecule has 8 rings (SSSR count). The first kappa shape index (κ1) is 39.8. The molecule has 6 aromatic carbocycles. The van der Waals surface area contributed by atoms with Gasteiger partial charge in [0.15, 0.2) is 5.69 Å². The van der Waals surface area contributed by atoms with Crippen molar-refractivity contribution in [2.75, 3.05) is 13.2 Å². The second-order valence-electron chi connectivity index (χ2n) is 14.4. The first-order valence-corrected chi connectivity index (χ1v) is 21.3. The molecule has 60 heavy (non-hydrogen) atoms. The van der Waals surface area contributed by atoms with Crippen LogP contribution in [0.3, 0.4) is 0 Å². The predicted octanol–water partition coefficient (Wildman–Crippen LogP) is 8.93. The van der Waals surface area contributed by atoms with Gasteiger partial charge in [0.1, 0.15) is 11.5 Å². The fourth-order valence-corrected chi connectivity index (χ4v) is 8.57. The van der Waals surface area contributed by atoms with Crippen LogP contribution in [0.1, 0.15) is 68.3 Å². The van der Waals surface area contributed by atoms with Crippen molar-refractivity contribution in [2.45, 2.75) is 44.6 Å². The van der Waals surface area contributed by atoms with Gasteiger partial charge in [-0.2, -0.15) is 5.10 Å². The first-order valence-electron chi connectivity index (χ1n) is 19.8. The highest BCUT2D eigenvalue weighted by molar-refractivity contribution is 7.90. The lowest BCUT2D eigenvalue weighted by molar-refractivity contribution is 0.0519. The van der Waals surface area contributed by atoms with Crippen LogP contribution in [-0.2, 0) is 34.1 Å². The lowest BCUT2D eigenvalue weighted by Crippen LogP contribution is -2.36. The van der Waals surface area contributed by atoms with E-state index < -0.39 is 27.8 Å². The predicted molar refractivity (Wildman–Crippen MR) is 229 cm³/mol. The van der Waals surface area contributed by atoms with Crippen LogP contribution in [0.25, 0.3) is 27.6 Å². The summed E-state index contributed by atoms with van der Waals surface area (Å²) >= 11 is 0. The Morgan fingerprint density at radius 1 is 0.750 bits per heavy atom. The number of carbonyl (C=O) groups excluding carboxylic acids is 3. The van der Waals surface area contributed by atoms with E-state index in [1.54, 1.807) is 40.8 Å². The molecule has 11 nitrogen and oxygen atoms in total. The zero-order valence-corrected chi connectivity index (χ0v) is 33.9. The van der Waals surface area contributed by atoms with Crippen molar-refractivity contribution in [1.29, 1.82) is 0 Å². The number of ether oxygens (including phenoxy) is 2. The van der Waals surface area contributed by atoms with Gasteiger partial charge in [0.25, 0.3) is 21.8 Å². The average Bonchev–Trinajstić information content (AvgIpc) is 3.65. The molecule has 0 aliphatic carbocycles. The Morgan fingerprint density at radius 3 is 2.27 bits per heavy atom. The lowest BCUT2D eigenvalue weighted by atomic mass is 9.92. The molecule has 1 N–H and O–H groups in total. The van der Waals surface area contributed by atoms with Crippen molar-refractivity contribution in [3.8, 4) is 28.3 Å². The Kier molecular flexibility index (Phi) is 11.3. The van der Waals surface area contributed by atoms with E-state index in [-0.39, 0.29) is 28.3 Å². The Bertz CT molecular complexity index is 2870. The minimum Gasteiger partial charge on any atom is -0.461 e. The number of esters is 1. The molecule has 302 valence electrons. The van der Waals surface area contributed by atoms with Crippen molar-refractivity contribution < 1.29 is 32.3 Å². The summed E-state index contributed by atoms with van der Waals surface area (Å²) in [5.74, 6) is -0.803. The Balaban J connectivity index is 1.25. The van der Waals surface area contributed by atoms with Crippen molar-refractivity contribution in [3.63, 3.8) is 0 Å². The van der Waals surface area contributed by atoms with Crippen molar-refractivity contribution in [1.82, 2.24) is 19.4 Å². The molecule has 12 heteroatoms. The number of sulfonamides is 1. The van der Waals surface area contributed by atoms with Gasteiger partial charge >= 0.3 is 5.97 Å². The zero-order valence-electron chi connectivity index (χ0n) is 33.1. The normalized spacial score (nSPS) is 12.5. The number of benzene rings is 6. The maximum absolute atomic E-state index is 14.9. The molecule has 0 unspecified atom stereocenters. The number of aromatic nitrogens is 2. The van der Waals surface area contributed by atoms with Crippen LogP contribution in [0.15, 0.2) is 144 Å². The third kappa shape index (κ3) is 8.14. The molecule has 1 aromatic heterocycles. The number of hydrogen-bond acceptors (Lipinski definition) is 8. The Hall–Kier alpha value is -7.05. The number of rotatable bonds is 12. The highest BCUT2D eigenvalue weighted by Gasteiger charge is 2.32. The third-order valence-corrected chi connectivity index (χ3v) is 11.8. The van der Waals surface area contributed by atoms with Crippen molar-refractivity contribution in [2.24, 2.45) is 0 Å². The number of fused-ring (bicyclic) bond motifs is 2. The summed E-state index contributed by atoms with van der Waals surface area (Å²) in [6.45, 7) is 4.51. The number of nitrogens with zero attached hydrogens (tertiary/aromatic N) is 3. The van der Waals surface area contributed by atoms with Crippen LogP contribution >= 0.6 is 0 Å². The van der Waals surface area contributed by atoms with Crippen molar-refractivity contribution >= 4 is 38.6 Å². The van der Waals surface area contributed by atoms with Gasteiger partial charge in [-0.25, -0.2) is 22.6 Å². The van der Waals surface area contributed by atoms with Crippen LogP contribution in [0, 0.1) is 0 Å². The minimum absolute atomic E-state index is 0.0104. The smallest absolute Gasteiger partial charge is 0.359 e. The lowest BCUT2D eigenvalue weighted by Gasteiger charge is -2.29. The molecule has 2 heterocycles. The summed E-state index contributed by atoms with van der Waals surface area (Å²) in [5.41, 5.74) is 4.14. The molecule has 2 amide bonds. The van der Waals surface area contributed by atoms with E-state index in [4.69, 9.17) is 14.6 Å². The monoisotopic (exact) mass is 818 g/mol. The molecule has 0 saturated heterocycles. The van der Waals surface area contributed by atoms with Crippen LogP contribution in [-0.4, -0.2) is 54.0 Å². The second kappa shape index (κ2) is 17.0. The van der Waals surface area contributed by atoms with E-state index in [0.717, 1.165) is 16.5 Å². The van der Waals surface area contributed by atoms with Gasteiger partial charge in [-0.05, 0) is 95.8 Å². The molecular formula is C48H42N4O7S. The zero-order chi connectivity index (χ0) is 41.8. The number of carbonyl (C=O) groups is 3. The van der Waals surface area contributed by atoms with E-state index in [9.17, 15) is 22.8 Å². The first-order chi connectivity index (χ1) is 29.1. The largest absolute Gasteiger partial charge is 0.461 e. The number of nitrogens with one attached hydrogen (secondary N) is 1. The van der Waals surface area contributed by atoms with E-state index in [2.05, 4.69) is 4.72 Å². The number of amides is 2. The molecule has 1 aliphatic rings. The molecule has 0 bridgehead atoms. The van der Waals surface area contributed by atoms with Crippen LogP contribution in [0.4, 0.5) is 0 Å². The fourth-order valence-electron chi connectivity index (χ4n) is 7.56. The summed E-state index contributed by atoms with van der Waals surface area (Å²) in [6.07, 6.45) is 1.72. The van der Waals surface area contributed by atoms with Crippen LogP contribution < -0.4 is 9.46 Å². The quantitative estimate of drug-likeness (QED) is 0.121. The van der Waals surface area contributed by atoms with Gasteiger partial charge in [-0.3, -0.25) is 9.59 Å². The van der Waals surface area contributed by atoms with Crippen molar-refractivity contribution in [3.05, 3.63) is 173 Å². The maximum Gasteiger partial charge on any atom is 0.359 e. The van der Waals surface area contributed by atoms with Gasteiger partial charge in [0.2, 0.25) is 0 Å². The molecule has 0 atom stereocenters. The van der Waals surface area contributed by atoms with Gasteiger partial charge in [0, 0.05) is 35.8 Å². The second-order valence-corrected chi connectivity index (χ2v) is 16.1. The topological polar surface area (TPSA) is 137 Å². The average molecular weight is 819 g/mol. The fraction of sp³-hybridized carbons (Fsp3) is 0.167. The molecule has 0 radical (unpaired) electrons. The van der Waals surface area contributed by atoms with Gasteiger partial charge < -0.3 is 14.4 Å². The third-order valence-electron chi connectivity index (χ3n) is 10.4. The Labute approximate surface area is 348 Å². The SMILES string of the molecule is CCCc1c(-c2ccc(C(=O)NS(=O)(=O)c3ccc4ccccc4c3)cc2C(=O)N2CCc3ccccc3C2)c(C(=O)OCC)nn1-c1cccc(Oc2ccccc2)c1. The number of hydrogen-bond donors (Lipinski definition) is 1. The molecule has 0 fully saturated rings. The van der Waals surface area contributed by atoms with E-state index in [0.29, 0.717) is 71.7 Å². The molecule has 0 saturated carbocycles. The molecule has 7 aromatic rings. The summed E-state index contributed by atoms with van der Waals surface area (Å²) in [5, 5.41) is 6.40. The van der Waals surface area contributed by atoms with E-state index in [1.807, 2.05) is 97.9 Å². The van der Waals surface area contributed by atoms with E-state index in [1.165, 1.54) is 24.3 Å². The summed E-state index contributed by atoms with van der Waals surface area (Å²) in [4.78, 5) is 44.3. The molecular weight excluding hydrogens is 777 g/mol. The summed E-state index contributed by atoms with van der Waals surface area (Å²) in [6, 6.07) is 41.0. The standard InChI is InChI=1S/C48H42N4O7S/c1-3-13-43-44(45(48(55)58-4-2)49-52(43)37-18-12-21-39(30-37)59-38-19-6-5-7-20-38)41-25-23-35(29-42(41)47(54)51-27-26-33-15-9-11-17-36(33)31-51)46(53)50-60(56,57)40-24-22-32-14-8-10-16-34(32)28-40/h5-12,14-25,28-30H,3-4,13,26-27,31H2,1-2H3,(H,50,53).